The van der Waals surface area contributed by atoms with Gasteiger partial charge in [0.1, 0.15) is 0 Å². The van der Waals surface area contributed by atoms with Crippen LogP contribution < -0.4 is 16.6 Å². The Morgan fingerprint density at radius 2 is 1.67 bits per heavy atom. The van der Waals surface area contributed by atoms with Crippen molar-refractivity contribution in [2.75, 3.05) is 10.7 Å². The third kappa shape index (κ3) is 2.33. The number of amides is 1. The Morgan fingerprint density at radius 1 is 1.06 bits per heavy atom. The number of nitrogen functional groups attached to an aromatic ring is 1. The molecule has 4 N–H and O–H groups in total. The molecule has 2 aromatic carbocycles. The largest absolute Gasteiger partial charge is 0.397 e. The maximum atomic E-state index is 12.2. The number of anilines is 2. The average molecular weight is 241 g/mol. The van der Waals surface area contributed by atoms with E-state index in [4.69, 9.17) is 11.6 Å². The summed E-state index contributed by atoms with van der Waals surface area (Å²) < 4.78 is 0. The van der Waals surface area contributed by atoms with Crippen molar-refractivity contribution < 1.29 is 4.79 Å². The van der Waals surface area contributed by atoms with Crippen molar-refractivity contribution in [2.24, 2.45) is 5.84 Å². The molecule has 2 rings (SSSR count). The molecule has 4 heteroatoms. The zero-order chi connectivity index (χ0) is 13.1. The van der Waals surface area contributed by atoms with E-state index in [9.17, 15) is 4.79 Å². The van der Waals surface area contributed by atoms with Crippen LogP contribution in [0.25, 0.3) is 0 Å². The lowest BCUT2D eigenvalue weighted by molar-refractivity contribution is 0.0987. The van der Waals surface area contributed by atoms with Gasteiger partial charge in [0.25, 0.3) is 5.91 Å². The van der Waals surface area contributed by atoms with Crippen LogP contribution in [0.4, 0.5) is 11.4 Å². The zero-order valence-electron chi connectivity index (χ0n) is 10.1. The number of benzene rings is 2. The van der Waals surface area contributed by atoms with Crippen molar-refractivity contribution >= 4 is 17.3 Å². The predicted molar refractivity (Wildman–Crippen MR) is 73.0 cm³/mol. The molecule has 0 atom stereocenters. The lowest BCUT2D eigenvalue weighted by Gasteiger charge is -2.18. The molecule has 0 aliphatic heterocycles. The predicted octanol–water partition coefficient (Wildman–Crippen LogP) is 2.10. The van der Waals surface area contributed by atoms with Gasteiger partial charge in [0.15, 0.2) is 0 Å². The SMILES string of the molecule is Cc1ccc(C(=O)N(N)c2ccccc2N)cc1. The minimum absolute atomic E-state index is 0.284. The number of aryl methyl sites for hydroxylation is 1. The van der Waals surface area contributed by atoms with Crippen LogP contribution in [0.1, 0.15) is 15.9 Å². The van der Waals surface area contributed by atoms with E-state index in [1.54, 1.807) is 36.4 Å². The zero-order valence-corrected chi connectivity index (χ0v) is 10.1. The number of nitrogens with two attached hydrogens (primary N) is 2. The van der Waals surface area contributed by atoms with Gasteiger partial charge >= 0.3 is 0 Å². The van der Waals surface area contributed by atoms with Crippen LogP contribution in [-0.2, 0) is 0 Å². The summed E-state index contributed by atoms with van der Waals surface area (Å²) in [6.07, 6.45) is 0. The Morgan fingerprint density at radius 3 is 2.28 bits per heavy atom. The number of hydrazine groups is 1. The Hall–Kier alpha value is -2.33. The molecule has 0 aromatic heterocycles. The normalized spacial score (nSPS) is 10.1. The maximum absolute atomic E-state index is 12.2. The maximum Gasteiger partial charge on any atom is 0.272 e. The first-order valence-electron chi connectivity index (χ1n) is 5.60. The summed E-state index contributed by atoms with van der Waals surface area (Å²) in [5.41, 5.74) is 8.39. The number of hydrogen-bond donors (Lipinski definition) is 2. The highest BCUT2D eigenvalue weighted by Gasteiger charge is 2.15. The van der Waals surface area contributed by atoms with Crippen LogP contribution in [0.2, 0.25) is 0 Å². The van der Waals surface area contributed by atoms with Crippen molar-refractivity contribution in [1.82, 2.24) is 0 Å². The first-order chi connectivity index (χ1) is 8.59. The molecule has 0 unspecified atom stereocenters. The van der Waals surface area contributed by atoms with Crippen LogP contribution >= 0.6 is 0 Å². The Labute approximate surface area is 106 Å². The average Bonchev–Trinajstić information content (AvgIpc) is 2.38. The van der Waals surface area contributed by atoms with Crippen molar-refractivity contribution in [3.63, 3.8) is 0 Å². The third-order valence-electron chi connectivity index (χ3n) is 2.71. The number of rotatable bonds is 2. The van der Waals surface area contributed by atoms with Crippen LogP contribution in [0, 0.1) is 6.92 Å². The summed E-state index contributed by atoms with van der Waals surface area (Å²) in [6, 6.07) is 14.2. The van der Waals surface area contributed by atoms with Gasteiger partial charge in [-0.25, -0.2) is 10.9 Å². The monoisotopic (exact) mass is 241 g/mol. The second-order valence-corrected chi connectivity index (χ2v) is 4.10. The summed E-state index contributed by atoms with van der Waals surface area (Å²) in [7, 11) is 0. The lowest BCUT2D eigenvalue weighted by Crippen LogP contribution is -2.37. The van der Waals surface area contributed by atoms with E-state index in [-0.39, 0.29) is 5.91 Å². The molecule has 0 spiro atoms. The molecule has 0 aliphatic carbocycles. The van der Waals surface area contributed by atoms with E-state index in [2.05, 4.69) is 0 Å². The molecule has 0 bridgehead atoms. The van der Waals surface area contributed by atoms with Crippen LogP contribution in [0.15, 0.2) is 48.5 Å². The number of nitrogens with zero attached hydrogens (tertiary/aromatic N) is 1. The summed E-state index contributed by atoms with van der Waals surface area (Å²) in [5, 5.41) is 1.07. The highest BCUT2D eigenvalue weighted by molar-refractivity contribution is 6.06. The first kappa shape index (κ1) is 12.1. The third-order valence-corrected chi connectivity index (χ3v) is 2.71. The molecular formula is C14H15N3O. The molecule has 0 fully saturated rings. The smallest absolute Gasteiger partial charge is 0.272 e. The molecule has 0 saturated heterocycles. The van der Waals surface area contributed by atoms with Crippen molar-refractivity contribution in [2.45, 2.75) is 6.92 Å². The highest BCUT2D eigenvalue weighted by Crippen LogP contribution is 2.21. The fourth-order valence-corrected chi connectivity index (χ4v) is 1.65. The highest BCUT2D eigenvalue weighted by atomic mass is 16.2. The van der Waals surface area contributed by atoms with E-state index < -0.39 is 0 Å². The lowest BCUT2D eigenvalue weighted by atomic mass is 10.1. The van der Waals surface area contributed by atoms with Crippen molar-refractivity contribution in [3.05, 3.63) is 59.7 Å². The van der Waals surface area contributed by atoms with Gasteiger partial charge in [0.2, 0.25) is 0 Å². The van der Waals surface area contributed by atoms with Gasteiger partial charge < -0.3 is 5.73 Å². The fraction of sp³-hybridized carbons (Fsp3) is 0.0714. The number of para-hydroxylation sites is 2. The van der Waals surface area contributed by atoms with Crippen molar-refractivity contribution in [3.8, 4) is 0 Å². The van der Waals surface area contributed by atoms with E-state index in [1.807, 2.05) is 19.1 Å². The molecule has 92 valence electrons. The molecule has 0 radical (unpaired) electrons. The van der Waals surface area contributed by atoms with Crippen LogP contribution in [-0.4, -0.2) is 5.91 Å². The van der Waals surface area contributed by atoms with Crippen molar-refractivity contribution in [1.29, 1.82) is 0 Å². The van der Waals surface area contributed by atoms with Gasteiger partial charge in [-0.1, -0.05) is 29.8 Å². The minimum Gasteiger partial charge on any atom is -0.397 e. The van der Waals surface area contributed by atoms with E-state index in [0.717, 1.165) is 10.6 Å². The van der Waals surface area contributed by atoms with Gasteiger partial charge in [0, 0.05) is 5.56 Å². The standard InChI is InChI=1S/C14H15N3O/c1-10-6-8-11(9-7-10)14(18)17(16)13-5-3-2-4-12(13)15/h2-9H,15-16H2,1H3. The second kappa shape index (κ2) is 4.89. The topological polar surface area (TPSA) is 72.3 Å². The summed E-state index contributed by atoms with van der Waals surface area (Å²) in [4.78, 5) is 12.2. The van der Waals surface area contributed by atoms with E-state index in [0.29, 0.717) is 16.9 Å². The molecule has 2 aromatic rings. The number of carbonyl (C=O) groups is 1. The molecule has 0 saturated carbocycles. The molecular weight excluding hydrogens is 226 g/mol. The quantitative estimate of drug-likeness (QED) is 0.366. The van der Waals surface area contributed by atoms with Crippen LogP contribution in [0.3, 0.4) is 0 Å². The molecule has 18 heavy (non-hydrogen) atoms. The Balaban J connectivity index is 2.29. The molecule has 4 nitrogen and oxygen atoms in total. The summed E-state index contributed by atoms with van der Waals surface area (Å²) >= 11 is 0. The number of carbonyl (C=O) groups excluding carboxylic acids is 1. The van der Waals surface area contributed by atoms with Gasteiger partial charge in [-0.05, 0) is 31.2 Å². The van der Waals surface area contributed by atoms with Gasteiger partial charge in [-0.2, -0.15) is 0 Å². The minimum atomic E-state index is -0.284. The van der Waals surface area contributed by atoms with E-state index >= 15 is 0 Å². The Bertz CT molecular complexity index is 564. The van der Waals surface area contributed by atoms with Gasteiger partial charge in [-0.3, -0.25) is 4.79 Å². The van der Waals surface area contributed by atoms with Gasteiger partial charge in [-0.15, -0.1) is 0 Å². The molecule has 0 aliphatic rings. The first-order valence-corrected chi connectivity index (χ1v) is 5.60. The summed E-state index contributed by atoms with van der Waals surface area (Å²) in [6.45, 7) is 1.96. The molecule has 1 amide bonds. The van der Waals surface area contributed by atoms with Gasteiger partial charge in [0.05, 0.1) is 11.4 Å². The fourth-order valence-electron chi connectivity index (χ4n) is 1.65. The molecule has 0 heterocycles. The van der Waals surface area contributed by atoms with E-state index in [1.165, 1.54) is 0 Å². The Kier molecular flexibility index (Phi) is 3.30. The summed E-state index contributed by atoms with van der Waals surface area (Å²) in [5.74, 6) is 5.53. The number of hydrogen-bond acceptors (Lipinski definition) is 3. The van der Waals surface area contributed by atoms with Crippen LogP contribution in [0.5, 0.6) is 0 Å². The second-order valence-electron chi connectivity index (χ2n) is 4.10.